The van der Waals surface area contributed by atoms with Gasteiger partial charge >= 0.3 is 0 Å². The van der Waals surface area contributed by atoms with Crippen molar-refractivity contribution in [2.24, 2.45) is 0 Å². The summed E-state index contributed by atoms with van der Waals surface area (Å²) in [6.45, 7) is 0.622. The van der Waals surface area contributed by atoms with E-state index in [-0.39, 0.29) is 18.0 Å². The molecule has 0 aliphatic rings. The van der Waals surface area contributed by atoms with Crippen LogP contribution < -0.4 is 20.5 Å². The maximum atomic E-state index is 12.3. The number of anilines is 1. The van der Waals surface area contributed by atoms with Gasteiger partial charge < -0.3 is 19.9 Å². The Kier molecular flexibility index (Phi) is 5.73. The highest BCUT2D eigenvalue weighted by Crippen LogP contribution is 2.27. The average molecular weight is 388 g/mol. The van der Waals surface area contributed by atoms with Gasteiger partial charge in [-0.25, -0.2) is 4.98 Å². The summed E-state index contributed by atoms with van der Waals surface area (Å²) in [5.74, 6) is 0.914. The van der Waals surface area contributed by atoms with Crippen LogP contribution >= 0.6 is 11.6 Å². The van der Waals surface area contributed by atoms with Gasteiger partial charge in [0, 0.05) is 5.69 Å². The molecule has 3 aromatic rings. The number of benzene rings is 2. The number of carbonyl (C=O) groups is 1. The van der Waals surface area contributed by atoms with E-state index in [1.54, 1.807) is 36.4 Å². The number of amides is 1. The van der Waals surface area contributed by atoms with Crippen LogP contribution in [0.2, 0.25) is 5.02 Å². The monoisotopic (exact) mass is 387 g/mol. The summed E-state index contributed by atoms with van der Waals surface area (Å²) in [6.07, 6.45) is 0. The van der Waals surface area contributed by atoms with Crippen LogP contribution in [0.4, 0.5) is 5.69 Å². The third kappa shape index (κ3) is 4.64. The molecule has 0 saturated heterocycles. The standard InChI is InChI=1S/C19H19ClN4O3/c1-24(10-17-22-15-6-4-3-5-13(15)19(26)23-17)11-18(25)21-12-7-8-16(27-2)14(20)9-12/h3-9H,10-11H2,1-2H3,(H,21,25)(H,22,23,26)/p+1. The van der Waals surface area contributed by atoms with Crippen molar-refractivity contribution in [1.82, 2.24) is 9.97 Å². The summed E-state index contributed by atoms with van der Waals surface area (Å²) in [4.78, 5) is 32.5. The first-order valence-electron chi connectivity index (χ1n) is 8.39. The number of carbonyl (C=O) groups excluding carboxylic acids is 1. The fourth-order valence-electron chi connectivity index (χ4n) is 2.79. The zero-order valence-electron chi connectivity index (χ0n) is 15.0. The van der Waals surface area contributed by atoms with Gasteiger partial charge in [-0.15, -0.1) is 0 Å². The molecule has 1 atom stereocenters. The molecule has 1 amide bonds. The van der Waals surface area contributed by atoms with E-state index in [9.17, 15) is 9.59 Å². The van der Waals surface area contributed by atoms with Crippen molar-refractivity contribution >= 4 is 34.1 Å². The first kappa shape index (κ1) is 18.9. The Balaban J connectivity index is 1.63. The third-order valence-electron chi connectivity index (χ3n) is 4.03. The molecule has 0 radical (unpaired) electrons. The number of para-hydroxylation sites is 1. The molecular formula is C19H20ClN4O3+. The molecule has 0 aliphatic heterocycles. The van der Waals surface area contributed by atoms with Crippen LogP contribution in [0.15, 0.2) is 47.3 Å². The lowest BCUT2D eigenvalue weighted by molar-refractivity contribution is -0.885. The van der Waals surface area contributed by atoms with Crippen LogP contribution in [0, 0.1) is 0 Å². The molecular weight excluding hydrogens is 368 g/mol. The van der Waals surface area contributed by atoms with E-state index in [0.717, 1.165) is 4.90 Å². The summed E-state index contributed by atoms with van der Waals surface area (Å²) in [7, 11) is 3.39. The number of aromatic nitrogens is 2. The third-order valence-corrected chi connectivity index (χ3v) is 4.32. The minimum absolute atomic E-state index is 0.170. The van der Waals surface area contributed by atoms with E-state index >= 15 is 0 Å². The molecule has 0 fully saturated rings. The summed E-state index contributed by atoms with van der Waals surface area (Å²) in [5.41, 5.74) is 1.05. The number of ether oxygens (including phenoxy) is 1. The van der Waals surface area contributed by atoms with Gasteiger partial charge in [-0.3, -0.25) is 9.59 Å². The number of hydrogen-bond acceptors (Lipinski definition) is 4. The maximum Gasteiger partial charge on any atom is 0.279 e. The number of quaternary nitrogens is 1. The number of H-pyrrole nitrogens is 1. The van der Waals surface area contributed by atoms with Crippen LogP contribution in [-0.2, 0) is 11.3 Å². The Morgan fingerprint density at radius 3 is 2.81 bits per heavy atom. The van der Waals surface area contributed by atoms with Crippen LogP contribution in [0.5, 0.6) is 5.75 Å². The molecule has 0 spiro atoms. The summed E-state index contributed by atoms with van der Waals surface area (Å²) in [6, 6.07) is 12.2. The number of fused-ring (bicyclic) bond motifs is 1. The SMILES string of the molecule is COc1ccc(NC(=O)C[NH+](C)Cc2nc3ccccc3c(=O)[nH]2)cc1Cl. The van der Waals surface area contributed by atoms with Gasteiger partial charge in [0.05, 0.1) is 30.1 Å². The molecule has 1 aromatic heterocycles. The number of likely N-dealkylation sites (N-methyl/N-ethyl adjacent to an activating group) is 1. The minimum atomic E-state index is -0.180. The van der Waals surface area contributed by atoms with Gasteiger partial charge in [-0.2, -0.15) is 0 Å². The molecule has 7 nitrogen and oxygen atoms in total. The second-order valence-electron chi connectivity index (χ2n) is 6.24. The van der Waals surface area contributed by atoms with Crippen LogP contribution in [-0.4, -0.2) is 36.6 Å². The molecule has 140 valence electrons. The zero-order chi connectivity index (χ0) is 19.4. The fraction of sp³-hybridized carbons (Fsp3) is 0.211. The summed E-state index contributed by atoms with van der Waals surface area (Å²) < 4.78 is 5.09. The Bertz CT molecular complexity index is 1030. The fourth-order valence-corrected chi connectivity index (χ4v) is 3.05. The Hall–Kier alpha value is -2.90. The quantitative estimate of drug-likeness (QED) is 0.593. The van der Waals surface area contributed by atoms with Crippen LogP contribution in [0.1, 0.15) is 5.82 Å². The van der Waals surface area contributed by atoms with E-state index in [2.05, 4.69) is 15.3 Å². The lowest BCUT2D eigenvalue weighted by Crippen LogP contribution is -3.08. The van der Waals surface area contributed by atoms with E-state index in [1.807, 2.05) is 13.1 Å². The smallest absolute Gasteiger partial charge is 0.279 e. The number of rotatable bonds is 6. The van der Waals surface area contributed by atoms with Gasteiger partial charge in [-0.1, -0.05) is 23.7 Å². The molecule has 27 heavy (non-hydrogen) atoms. The van der Waals surface area contributed by atoms with Crippen molar-refractivity contribution in [2.45, 2.75) is 6.54 Å². The van der Waals surface area contributed by atoms with Crippen molar-refractivity contribution in [2.75, 3.05) is 26.0 Å². The molecule has 3 N–H and O–H groups in total. The van der Waals surface area contributed by atoms with E-state index < -0.39 is 0 Å². The minimum Gasteiger partial charge on any atom is -0.495 e. The molecule has 3 rings (SSSR count). The predicted octanol–water partition coefficient (Wildman–Crippen LogP) is 1.24. The maximum absolute atomic E-state index is 12.3. The van der Waals surface area contributed by atoms with Gasteiger partial charge in [0.1, 0.15) is 12.3 Å². The summed E-state index contributed by atoms with van der Waals surface area (Å²) >= 11 is 6.07. The average Bonchev–Trinajstić information content (AvgIpc) is 2.61. The largest absolute Gasteiger partial charge is 0.495 e. The highest BCUT2D eigenvalue weighted by molar-refractivity contribution is 6.32. The van der Waals surface area contributed by atoms with Gasteiger partial charge in [0.15, 0.2) is 12.4 Å². The second-order valence-corrected chi connectivity index (χ2v) is 6.65. The number of nitrogens with one attached hydrogen (secondary N) is 3. The lowest BCUT2D eigenvalue weighted by atomic mass is 10.2. The molecule has 0 bridgehead atoms. The van der Waals surface area contributed by atoms with Crippen LogP contribution in [0.3, 0.4) is 0 Å². The Labute approximate surface area is 160 Å². The molecule has 1 unspecified atom stereocenters. The number of nitrogens with zero attached hydrogens (tertiary/aromatic N) is 1. The van der Waals surface area contributed by atoms with Crippen molar-refractivity contribution < 1.29 is 14.4 Å². The predicted molar refractivity (Wildman–Crippen MR) is 104 cm³/mol. The van der Waals surface area contributed by atoms with Crippen LogP contribution in [0.25, 0.3) is 10.9 Å². The summed E-state index contributed by atoms with van der Waals surface area (Å²) in [5, 5.41) is 3.77. The Morgan fingerprint density at radius 2 is 2.07 bits per heavy atom. The van der Waals surface area contributed by atoms with Crippen molar-refractivity contribution in [1.29, 1.82) is 0 Å². The highest BCUT2D eigenvalue weighted by Gasteiger charge is 2.14. The molecule has 0 saturated carbocycles. The van der Waals surface area contributed by atoms with Crippen molar-refractivity contribution in [3.05, 3.63) is 63.7 Å². The van der Waals surface area contributed by atoms with Gasteiger partial charge in [0.25, 0.3) is 11.5 Å². The second kappa shape index (κ2) is 8.20. The molecule has 0 aliphatic carbocycles. The van der Waals surface area contributed by atoms with E-state index in [0.29, 0.717) is 39.7 Å². The lowest BCUT2D eigenvalue weighted by Gasteiger charge is -2.14. The van der Waals surface area contributed by atoms with E-state index in [4.69, 9.17) is 16.3 Å². The van der Waals surface area contributed by atoms with Gasteiger partial charge in [-0.05, 0) is 30.3 Å². The Morgan fingerprint density at radius 1 is 1.30 bits per heavy atom. The highest BCUT2D eigenvalue weighted by atomic mass is 35.5. The molecule has 1 heterocycles. The van der Waals surface area contributed by atoms with Crippen molar-refractivity contribution in [3.63, 3.8) is 0 Å². The number of methoxy groups -OCH3 is 1. The molecule has 2 aromatic carbocycles. The topological polar surface area (TPSA) is 88.5 Å². The number of aromatic amines is 1. The first-order chi connectivity index (χ1) is 13.0. The first-order valence-corrected chi connectivity index (χ1v) is 8.76. The number of halogens is 1. The normalized spacial score (nSPS) is 12.0. The van der Waals surface area contributed by atoms with Crippen molar-refractivity contribution in [3.8, 4) is 5.75 Å². The van der Waals surface area contributed by atoms with Gasteiger partial charge in [0.2, 0.25) is 0 Å². The zero-order valence-corrected chi connectivity index (χ0v) is 15.8. The number of hydrogen-bond donors (Lipinski definition) is 3. The van der Waals surface area contributed by atoms with E-state index in [1.165, 1.54) is 7.11 Å². The molecule has 8 heteroatoms.